The van der Waals surface area contributed by atoms with Crippen LogP contribution >= 0.6 is 0 Å². The molecule has 0 aliphatic carbocycles. The first kappa shape index (κ1) is 28.7. The van der Waals surface area contributed by atoms with Crippen LogP contribution in [0.5, 0.6) is 0 Å². The summed E-state index contributed by atoms with van der Waals surface area (Å²) in [5.74, 6) is 0.663. The summed E-state index contributed by atoms with van der Waals surface area (Å²) in [5.41, 5.74) is 6.14. The average Bonchev–Trinajstić information content (AvgIpc) is 3.34. The molecule has 2 unspecified atom stereocenters. The molecule has 0 saturated carbocycles. The molecule has 0 aromatic rings. The second-order valence-electron chi connectivity index (χ2n) is 10.8. The molecule has 1 heterocycles. The smallest absolute Gasteiger partial charge is 0.0892 e. The van der Waals surface area contributed by atoms with Gasteiger partial charge in [0.05, 0.1) is 11.7 Å². The highest BCUT2D eigenvalue weighted by Gasteiger charge is 2.46. The molecule has 0 radical (unpaired) electrons. The van der Waals surface area contributed by atoms with Crippen molar-refractivity contribution in [2.45, 2.75) is 131 Å². The zero-order valence-corrected chi connectivity index (χ0v) is 22.4. The molecular formula is C31H52O. The van der Waals surface area contributed by atoms with E-state index in [4.69, 9.17) is 4.74 Å². The molecule has 32 heavy (non-hydrogen) atoms. The van der Waals surface area contributed by atoms with Crippen molar-refractivity contribution in [3.8, 4) is 0 Å². The summed E-state index contributed by atoms with van der Waals surface area (Å²) in [4.78, 5) is 0. The molecule has 1 heteroatoms. The first-order valence-electron chi connectivity index (χ1n) is 13.0. The molecule has 0 N–H and O–H groups in total. The van der Waals surface area contributed by atoms with Gasteiger partial charge in [0.15, 0.2) is 0 Å². The van der Waals surface area contributed by atoms with E-state index in [2.05, 4.69) is 85.4 Å². The Bertz CT molecular complexity index is 667. The predicted octanol–water partition coefficient (Wildman–Crippen LogP) is 10.1. The minimum atomic E-state index is 0.131. The second kappa shape index (κ2) is 15.5. The van der Waals surface area contributed by atoms with Crippen LogP contribution in [0.25, 0.3) is 0 Å². The quantitative estimate of drug-likeness (QED) is 0.124. The number of allylic oxidation sites excluding steroid dienone is 9. The molecule has 1 aliphatic heterocycles. The van der Waals surface area contributed by atoms with Gasteiger partial charge in [-0.2, -0.15) is 0 Å². The molecule has 2 atom stereocenters. The summed E-state index contributed by atoms with van der Waals surface area (Å²) in [7, 11) is 0. The third-order valence-electron chi connectivity index (χ3n) is 6.72. The van der Waals surface area contributed by atoms with Crippen molar-refractivity contribution in [2.24, 2.45) is 5.92 Å². The van der Waals surface area contributed by atoms with Crippen LogP contribution in [0.2, 0.25) is 0 Å². The van der Waals surface area contributed by atoms with Gasteiger partial charge in [-0.05, 0) is 125 Å². The number of hydrogen-bond donors (Lipinski definition) is 0. The molecule has 1 aliphatic rings. The number of ether oxygens (including phenoxy) is 1. The van der Waals surface area contributed by atoms with E-state index in [1.807, 2.05) is 0 Å². The molecule has 0 aromatic heterocycles. The van der Waals surface area contributed by atoms with Gasteiger partial charge in [0.1, 0.15) is 0 Å². The van der Waals surface area contributed by atoms with E-state index in [0.29, 0.717) is 12.0 Å². The van der Waals surface area contributed by atoms with Gasteiger partial charge < -0.3 is 4.74 Å². The minimum Gasteiger partial charge on any atom is -0.367 e. The number of hydrogen-bond acceptors (Lipinski definition) is 1. The van der Waals surface area contributed by atoms with Crippen LogP contribution in [0.3, 0.4) is 0 Å². The van der Waals surface area contributed by atoms with Gasteiger partial charge in [0, 0.05) is 0 Å². The zero-order chi connectivity index (χ0) is 24.0. The van der Waals surface area contributed by atoms with Gasteiger partial charge in [-0.1, -0.05) is 52.7 Å². The normalized spacial score (nSPS) is 19.6. The van der Waals surface area contributed by atoms with Crippen LogP contribution in [0.4, 0.5) is 0 Å². The van der Waals surface area contributed by atoms with Crippen molar-refractivity contribution in [1.82, 2.24) is 0 Å². The summed E-state index contributed by atoms with van der Waals surface area (Å²) in [6.07, 6.45) is 25.5. The first-order chi connectivity index (χ1) is 15.1. The van der Waals surface area contributed by atoms with Crippen molar-refractivity contribution in [3.63, 3.8) is 0 Å². The topological polar surface area (TPSA) is 12.5 Å². The number of rotatable bonds is 17. The highest BCUT2D eigenvalue weighted by atomic mass is 16.6. The van der Waals surface area contributed by atoms with Gasteiger partial charge in [-0.25, -0.2) is 0 Å². The lowest BCUT2D eigenvalue weighted by molar-refractivity contribution is 0.320. The number of epoxide rings is 1. The molecule has 0 spiro atoms. The highest BCUT2D eigenvalue weighted by Crippen LogP contribution is 2.38. The lowest BCUT2D eigenvalue weighted by Crippen LogP contribution is -2.02. The second-order valence-corrected chi connectivity index (χ2v) is 10.8. The molecule has 1 fully saturated rings. The van der Waals surface area contributed by atoms with Crippen LogP contribution in [0.15, 0.2) is 59.3 Å². The third-order valence-corrected chi connectivity index (χ3v) is 6.72. The molecule has 0 aromatic carbocycles. The van der Waals surface area contributed by atoms with E-state index >= 15 is 0 Å². The van der Waals surface area contributed by atoms with Crippen LogP contribution in [-0.2, 0) is 4.74 Å². The summed E-state index contributed by atoms with van der Waals surface area (Å²) < 4.78 is 5.68. The van der Waals surface area contributed by atoms with Crippen LogP contribution < -0.4 is 0 Å². The van der Waals surface area contributed by atoms with Gasteiger partial charge in [0.2, 0.25) is 0 Å². The molecule has 0 bridgehead atoms. The Hall–Kier alpha value is -1.34. The predicted molar refractivity (Wildman–Crippen MR) is 144 cm³/mol. The van der Waals surface area contributed by atoms with E-state index < -0.39 is 0 Å². The van der Waals surface area contributed by atoms with E-state index in [-0.39, 0.29) is 5.60 Å². The standard InChI is InChI=1S/C31H52O/c1-9-29(21-12-15-25(2)3)22-14-20-27(5)17-11-10-16-26(4)18-13-19-28(6)23-24-30-31(7,8)32-30/h9,15-17,19,29-30H,1,10-14,18,20-24H2,2-8H3/b26-16+,27-17+,28-19+. The Labute approximate surface area is 200 Å². The summed E-state index contributed by atoms with van der Waals surface area (Å²) in [5, 5.41) is 0. The van der Waals surface area contributed by atoms with Crippen molar-refractivity contribution in [2.75, 3.05) is 0 Å². The summed E-state index contributed by atoms with van der Waals surface area (Å²) in [6.45, 7) is 19.6. The fourth-order valence-electron chi connectivity index (χ4n) is 4.22. The molecule has 1 rings (SSSR count). The summed E-state index contributed by atoms with van der Waals surface area (Å²) in [6, 6.07) is 0. The lowest BCUT2D eigenvalue weighted by atomic mass is 9.95. The highest BCUT2D eigenvalue weighted by molar-refractivity contribution is 5.06. The minimum absolute atomic E-state index is 0.131. The zero-order valence-electron chi connectivity index (χ0n) is 22.4. The Balaban J connectivity index is 2.15. The maximum Gasteiger partial charge on any atom is 0.0892 e. The average molecular weight is 441 g/mol. The van der Waals surface area contributed by atoms with E-state index in [9.17, 15) is 0 Å². The Morgan fingerprint density at radius 3 is 1.91 bits per heavy atom. The van der Waals surface area contributed by atoms with E-state index in [0.717, 1.165) is 12.8 Å². The summed E-state index contributed by atoms with van der Waals surface area (Å²) >= 11 is 0. The fourth-order valence-corrected chi connectivity index (χ4v) is 4.22. The van der Waals surface area contributed by atoms with Crippen LogP contribution in [0, 0.1) is 5.92 Å². The third kappa shape index (κ3) is 13.9. The van der Waals surface area contributed by atoms with E-state index in [1.54, 1.807) is 5.57 Å². The Kier molecular flexibility index (Phi) is 13.9. The van der Waals surface area contributed by atoms with Crippen LogP contribution in [-0.4, -0.2) is 11.7 Å². The maximum atomic E-state index is 5.68. The molecule has 182 valence electrons. The van der Waals surface area contributed by atoms with Crippen molar-refractivity contribution in [1.29, 1.82) is 0 Å². The molecule has 1 saturated heterocycles. The lowest BCUT2D eigenvalue weighted by Gasteiger charge is -2.11. The largest absolute Gasteiger partial charge is 0.367 e. The van der Waals surface area contributed by atoms with Crippen molar-refractivity contribution >= 4 is 0 Å². The monoisotopic (exact) mass is 440 g/mol. The fraction of sp³-hybridized carbons (Fsp3) is 0.677. The SMILES string of the molecule is C=CC(CCC=C(C)C)CCC/C(C)=C/CC/C=C(\C)CC/C=C(\C)CCC1OC1(C)C. The van der Waals surface area contributed by atoms with Gasteiger partial charge >= 0.3 is 0 Å². The Morgan fingerprint density at radius 1 is 0.781 bits per heavy atom. The molecule has 1 nitrogen and oxygen atoms in total. The molecule has 0 amide bonds. The van der Waals surface area contributed by atoms with Gasteiger partial charge in [0.25, 0.3) is 0 Å². The van der Waals surface area contributed by atoms with Gasteiger partial charge in [-0.15, -0.1) is 6.58 Å². The van der Waals surface area contributed by atoms with Crippen LogP contribution in [0.1, 0.15) is 119 Å². The van der Waals surface area contributed by atoms with Crippen molar-refractivity contribution in [3.05, 3.63) is 59.3 Å². The van der Waals surface area contributed by atoms with E-state index in [1.165, 1.54) is 74.5 Å². The molecular weight excluding hydrogens is 388 g/mol. The Morgan fingerprint density at radius 2 is 1.34 bits per heavy atom. The maximum absolute atomic E-state index is 5.68. The van der Waals surface area contributed by atoms with Crippen molar-refractivity contribution < 1.29 is 4.74 Å². The van der Waals surface area contributed by atoms with Gasteiger partial charge in [-0.3, -0.25) is 0 Å². The number of unbranched alkanes of at least 4 members (excludes halogenated alkanes) is 1. The first-order valence-corrected chi connectivity index (χ1v) is 13.0.